The number of carbonyl (C=O) groups excluding carboxylic acids is 2. The molecule has 3 fully saturated rings. The number of fused-ring (bicyclic) bond motifs is 5. The Kier molecular flexibility index (Phi) is 6.13. The molecule has 1 aliphatic heterocycles. The van der Waals surface area contributed by atoms with E-state index in [-0.39, 0.29) is 23.7 Å². The fourth-order valence-electron chi connectivity index (χ4n) is 8.18. The molecule has 1 spiro atoms. The summed E-state index contributed by atoms with van der Waals surface area (Å²) < 4.78 is 18.6. The third-order valence-corrected chi connectivity index (χ3v) is 10.4. The van der Waals surface area contributed by atoms with Gasteiger partial charge in [-0.2, -0.15) is 0 Å². The molecule has 0 aromatic carbocycles. The minimum atomic E-state index is -1.84. The normalized spacial score (nSPS) is 43.1. The van der Waals surface area contributed by atoms with Gasteiger partial charge < -0.3 is 25.1 Å². The van der Waals surface area contributed by atoms with Crippen molar-refractivity contribution in [2.75, 3.05) is 6.61 Å². The molecule has 5 rings (SSSR count). The van der Waals surface area contributed by atoms with Gasteiger partial charge in [0.1, 0.15) is 6.10 Å². The molecule has 1 saturated heterocycles. The van der Waals surface area contributed by atoms with Gasteiger partial charge in [0.15, 0.2) is 23.3 Å². The van der Waals surface area contributed by atoms with Crippen molar-refractivity contribution in [1.82, 2.24) is 0 Å². The zero-order valence-electron chi connectivity index (χ0n) is 24.0. The lowest BCUT2D eigenvalue weighted by atomic mass is 9.63. The van der Waals surface area contributed by atoms with E-state index in [1.165, 1.54) is 0 Å². The fraction of sp³-hybridized carbons (Fsp3) is 0.677. The molecule has 4 aliphatic carbocycles. The summed E-state index contributed by atoms with van der Waals surface area (Å²) in [4.78, 5) is 28.2. The number of nitrogens with two attached hydrogens (primary N) is 1. The van der Waals surface area contributed by atoms with E-state index in [0.29, 0.717) is 36.0 Å². The zero-order valence-corrected chi connectivity index (χ0v) is 24.0. The first-order valence-electron chi connectivity index (χ1n) is 13.9. The molecule has 1 heterocycles. The summed E-state index contributed by atoms with van der Waals surface area (Å²) in [5.41, 5.74) is 5.67. The topological polar surface area (TPSA) is 108 Å². The van der Waals surface area contributed by atoms with Crippen LogP contribution in [0, 0.1) is 22.7 Å². The van der Waals surface area contributed by atoms with Crippen molar-refractivity contribution < 1.29 is 28.9 Å². The second kappa shape index (κ2) is 8.47. The van der Waals surface area contributed by atoms with Gasteiger partial charge in [0.2, 0.25) is 0 Å². The van der Waals surface area contributed by atoms with Crippen LogP contribution >= 0.6 is 0 Å². The van der Waals surface area contributed by atoms with Crippen molar-refractivity contribution in [3.63, 3.8) is 0 Å². The highest BCUT2D eigenvalue weighted by Crippen LogP contribution is 2.72. The van der Waals surface area contributed by atoms with E-state index in [1.807, 2.05) is 52.0 Å². The van der Waals surface area contributed by atoms with Crippen LogP contribution in [-0.4, -0.2) is 52.6 Å². The Morgan fingerprint density at radius 3 is 2.61 bits per heavy atom. The molecule has 7 heteroatoms. The number of hydrogen-bond acceptors (Lipinski definition) is 7. The molecular weight excluding hydrogens is 482 g/mol. The zero-order chi connectivity index (χ0) is 28.1. The summed E-state index contributed by atoms with van der Waals surface area (Å²) in [6.07, 6.45) is 7.13. The Morgan fingerprint density at radius 2 is 1.97 bits per heavy atom. The Morgan fingerprint density at radius 1 is 1.29 bits per heavy atom. The highest BCUT2D eigenvalue weighted by Gasteiger charge is 2.80. The Balaban J connectivity index is 1.67. The number of esters is 1. The van der Waals surface area contributed by atoms with Crippen LogP contribution < -0.4 is 5.73 Å². The molecule has 0 radical (unpaired) electrons. The molecular formula is C31H43NO6. The van der Waals surface area contributed by atoms with Crippen molar-refractivity contribution in [3.8, 4) is 0 Å². The van der Waals surface area contributed by atoms with Crippen molar-refractivity contribution >= 4 is 11.8 Å². The van der Waals surface area contributed by atoms with Crippen LogP contribution in [0.1, 0.15) is 74.7 Å². The fourth-order valence-corrected chi connectivity index (χ4v) is 8.18. The Hall–Kier alpha value is -2.06. The monoisotopic (exact) mass is 525 g/mol. The second-order valence-corrected chi connectivity index (χ2v) is 13.0. The van der Waals surface area contributed by atoms with Gasteiger partial charge in [-0.1, -0.05) is 45.1 Å². The number of rotatable bonds is 4. The summed E-state index contributed by atoms with van der Waals surface area (Å²) in [6, 6.07) is 0. The predicted molar refractivity (Wildman–Crippen MR) is 144 cm³/mol. The smallest absolute Gasteiger partial charge is 0.334 e. The van der Waals surface area contributed by atoms with Gasteiger partial charge in [0.05, 0.1) is 17.9 Å². The van der Waals surface area contributed by atoms with Gasteiger partial charge in [0, 0.05) is 11.1 Å². The van der Waals surface area contributed by atoms with Crippen LogP contribution in [0.4, 0.5) is 0 Å². The largest absolute Gasteiger partial charge is 0.451 e. The maximum Gasteiger partial charge on any atom is 0.334 e. The first-order valence-corrected chi connectivity index (χ1v) is 13.9. The molecule has 0 aromatic rings. The predicted octanol–water partition coefficient (Wildman–Crippen LogP) is 4.30. The van der Waals surface area contributed by atoms with Crippen LogP contribution in [0.2, 0.25) is 0 Å². The molecule has 38 heavy (non-hydrogen) atoms. The SMILES string of the molecule is C/C=C\C(C)=C(/CC)C(=O)OC1C(C)=CC23CCC4C(C)(C)C4(N)C(C=C4COC(C)(C)OC4C12O)C3=O. The van der Waals surface area contributed by atoms with Crippen molar-refractivity contribution in [3.05, 3.63) is 46.6 Å². The molecule has 7 unspecified atom stereocenters. The summed E-state index contributed by atoms with van der Waals surface area (Å²) in [7, 11) is 0. The highest BCUT2D eigenvalue weighted by molar-refractivity contribution is 5.97. The quantitative estimate of drug-likeness (QED) is 0.244. The van der Waals surface area contributed by atoms with Crippen molar-refractivity contribution in [2.45, 2.75) is 104 Å². The van der Waals surface area contributed by atoms with E-state index in [4.69, 9.17) is 19.9 Å². The van der Waals surface area contributed by atoms with E-state index in [2.05, 4.69) is 13.8 Å². The lowest BCUT2D eigenvalue weighted by Gasteiger charge is -2.51. The van der Waals surface area contributed by atoms with Crippen LogP contribution in [0.25, 0.3) is 0 Å². The van der Waals surface area contributed by atoms with Gasteiger partial charge in [-0.05, 0) is 81.9 Å². The maximum absolute atomic E-state index is 14.7. The van der Waals surface area contributed by atoms with Gasteiger partial charge in [-0.15, -0.1) is 0 Å². The molecule has 208 valence electrons. The van der Waals surface area contributed by atoms with Crippen molar-refractivity contribution in [1.29, 1.82) is 0 Å². The summed E-state index contributed by atoms with van der Waals surface area (Å²) in [5.74, 6) is -2.08. The number of allylic oxidation sites excluding steroid dienone is 3. The van der Waals surface area contributed by atoms with Gasteiger partial charge in [0.25, 0.3) is 0 Å². The van der Waals surface area contributed by atoms with E-state index in [1.54, 1.807) is 13.8 Å². The number of ketones is 1. The number of carbonyl (C=O) groups is 2. The molecule has 7 nitrogen and oxygen atoms in total. The third kappa shape index (κ3) is 3.34. The van der Waals surface area contributed by atoms with E-state index >= 15 is 0 Å². The van der Waals surface area contributed by atoms with Gasteiger partial charge in [-0.25, -0.2) is 4.79 Å². The molecule has 2 saturated carbocycles. The van der Waals surface area contributed by atoms with E-state index < -0.39 is 46.4 Å². The minimum Gasteiger partial charge on any atom is -0.451 e. The summed E-state index contributed by atoms with van der Waals surface area (Å²) in [6.45, 7) is 15.5. The van der Waals surface area contributed by atoms with Crippen LogP contribution in [0.5, 0.6) is 0 Å². The molecule has 2 bridgehead atoms. The average molecular weight is 526 g/mol. The van der Waals surface area contributed by atoms with Crippen LogP contribution in [-0.2, 0) is 23.8 Å². The van der Waals surface area contributed by atoms with Crippen molar-refractivity contribution in [2.24, 2.45) is 28.4 Å². The van der Waals surface area contributed by atoms with Gasteiger partial charge >= 0.3 is 5.97 Å². The van der Waals surface area contributed by atoms with Crippen LogP contribution in [0.15, 0.2) is 46.6 Å². The molecule has 0 amide bonds. The van der Waals surface area contributed by atoms with E-state index in [0.717, 1.165) is 5.57 Å². The minimum absolute atomic E-state index is 0.117. The van der Waals surface area contributed by atoms with Gasteiger partial charge in [-0.3, -0.25) is 4.79 Å². The second-order valence-electron chi connectivity index (χ2n) is 13.0. The van der Waals surface area contributed by atoms with Crippen LogP contribution in [0.3, 0.4) is 0 Å². The molecule has 5 aliphatic rings. The first kappa shape index (κ1) is 27.5. The summed E-state index contributed by atoms with van der Waals surface area (Å²) in [5, 5.41) is 13.0. The standard InChI is InChI=1S/C31H43NO6/c1-9-11-17(3)20(10-2)26(34)37-24-18(4)15-29-13-12-22-27(5,6)30(22,32)21(23(29)33)14-19-16-36-28(7,8)38-25(19)31(24,29)35/h9,11,14-15,21-22,24-25,35H,10,12-13,16,32H2,1-8H3/b11-9-,20-17+. The van der Waals surface area contributed by atoms with E-state index in [9.17, 15) is 14.7 Å². The number of ether oxygens (including phenoxy) is 3. The third-order valence-electron chi connectivity index (χ3n) is 10.4. The number of aliphatic hydroxyl groups is 1. The average Bonchev–Trinajstić information content (AvgIpc) is 3.23. The lowest BCUT2D eigenvalue weighted by Crippen LogP contribution is -2.67. The Bertz CT molecular complexity index is 1210. The molecule has 7 atom stereocenters. The lowest BCUT2D eigenvalue weighted by molar-refractivity contribution is -0.301. The number of Topliss-reactive ketones (excluding diaryl/α,β-unsaturated/α-hetero) is 1. The highest BCUT2D eigenvalue weighted by atomic mass is 16.7. The number of hydrogen-bond donors (Lipinski definition) is 2. The summed E-state index contributed by atoms with van der Waals surface area (Å²) >= 11 is 0. The molecule has 3 N–H and O–H groups in total. The maximum atomic E-state index is 14.7. The first-order chi connectivity index (χ1) is 17.6. The molecule has 0 aromatic heterocycles. The Labute approximate surface area is 226 Å².